The van der Waals surface area contributed by atoms with Crippen molar-refractivity contribution in [3.63, 3.8) is 0 Å². The van der Waals surface area contributed by atoms with E-state index >= 15 is 0 Å². The fourth-order valence-electron chi connectivity index (χ4n) is 5.71. The van der Waals surface area contributed by atoms with E-state index in [1.165, 1.54) is 0 Å². The normalized spacial score (nSPS) is 15.2. The predicted molar refractivity (Wildman–Crippen MR) is 174 cm³/mol. The largest absolute Gasteiger partial charge is 0.325 e. The summed E-state index contributed by atoms with van der Waals surface area (Å²) in [6.45, 7) is 16.1. The number of hydrogen-bond acceptors (Lipinski definition) is 3. The van der Waals surface area contributed by atoms with Crippen LogP contribution in [0.5, 0.6) is 0 Å². The Hall–Kier alpha value is -3.35. The van der Waals surface area contributed by atoms with E-state index in [0.717, 1.165) is 66.1 Å². The lowest BCUT2D eigenvalue weighted by atomic mass is 9.85. The number of hydrogen-bond donors (Lipinski definition) is 1. The van der Waals surface area contributed by atoms with Gasteiger partial charge in [-0.25, -0.2) is 4.79 Å². The molecule has 1 aliphatic rings. The summed E-state index contributed by atoms with van der Waals surface area (Å²) in [5.41, 5.74) is 5.54. The Morgan fingerprint density at radius 2 is 1.69 bits per heavy atom. The first-order valence-corrected chi connectivity index (χ1v) is 15.5. The zero-order valence-corrected chi connectivity index (χ0v) is 26.7. The number of benzene rings is 3. The number of nitrogens with zero attached hydrogens (tertiary/aromatic N) is 3. The molecular formula is C35H45ClN4O2. The minimum Gasteiger partial charge on any atom is -0.324 e. The molecule has 0 saturated heterocycles. The maximum Gasteiger partial charge on any atom is 0.325 e. The molecule has 6 nitrogen and oxygen atoms in total. The summed E-state index contributed by atoms with van der Waals surface area (Å²) in [6.07, 6.45) is 1.81. The van der Waals surface area contributed by atoms with Gasteiger partial charge in [0.05, 0.1) is 11.7 Å². The standard InChI is InChI=1S/C35H45ClN4O2/c1-7-10-20-39-31-19-17-27(36)22-28(31)33(26-14-12-11-13-15-26)40(34(39)42)24-32(41)37-30-21-25(23-38(8-2)9-3)16-18-29(30)35(4,5)6/h11-19,21-22,33H,7-10,20,23-24H2,1-6H3,(H,37,41). The van der Waals surface area contributed by atoms with Crippen LogP contribution in [0, 0.1) is 0 Å². The van der Waals surface area contributed by atoms with Gasteiger partial charge in [-0.15, -0.1) is 0 Å². The second-order valence-electron chi connectivity index (χ2n) is 12.1. The summed E-state index contributed by atoms with van der Waals surface area (Å²) < 4.78 is 0. The zero-order chi connectivity index (χ0) is 30.4. The van der Waals surface area contributed by atoms with E-state index in [1.54, 1.807) is 9.80 Å². The van der Waals surface area contributed by atoms with Crippen molar-refractivity contribution in [1.29, 1.82) is 0 Å². The molecule has 0 spiro atoms. The van der Waals surface area contributed by atoms with Crippen molar-refractivity contribution in [3.05, 3.63) is 94.0 Å². The van der Waals surface area contributed by atoms with Crippen LogP contribution in [0.4, 0.5) is 16.2 Å². The molecule has 0 radical (unpaired) electrons. The SMILES string of the molecule is CCCCN1C(=O)N(CC(=O)Nc2cc(CN(CC)CC)ccc2C(C)(C)C)C(c2ccccc2)c2cc(Cl)ccc21. The van der Waals surface area contributed by atoms with Crippen LogP contribution in [0.25, 0.3) is 0 Å². The van der Waals surface area contributed by atoms with E-state index in [2.05, 4.69) is 70.0 Å². The van der Waals surface area contributed by atoms with E-state index in [4.69, 9.17) is 11.6 Å². The fraction of sp³-hybridized carbons (Fsp3) is 0.429. The molecule has 3 amide bonds. The number of halogens is 1. The molecule has 3 aromatic carbocycles. The number of urea groups is 1. The fourth-order valence-corrected chi connectivity index (χ4v) is 5.89. The number of anilines is 2. The summed E-state index contributed by atoms with van der Waals surface area (Å²) in [7, 11) is 0. The smallest absolute Gasteiger partial charge is 0.324 e. The molecule has 1 N–H and O–H groups in total. The van der Waals surface area contributed by atoms with Gasteiger partial charge in [0.15, 0.2) is 0 Å². The first-order valence-electron chi connectivity index (χ1n) is 15.1. The molecule has 7 heteroatoms. The molecule has 0 saturated carbocycles. The number of rotatable bonds is 11. The number of fused-ring (bicyclic) bond motifs is 1. The van der Waals surface area contributed by atoms with Gasteiger partial charge in [0.1, 0.15) is 6.54 Å². The lowest BCUT2D eigenvalue weighted by molar-refractivity contribution is -0.117. The minimum atomic E-state index is -0.438. The second kappa shape index (κ2) is 13.7. The Morgan fingerprint density at radius 1 is 0.976 bits per heavy atom. The van der Waals surface area contributed by atoms with Crippen LogP contribution < -0.4 is 10.2 Å². The molecule has 0 aliphatic carbocycles. The molecule has 42 heavy (non-hydrogen) atoms. The summed E-state index contributed by atoms with van der Waals surface area (Å²) in [5, 5.41) is 3.80. The number of amides is 3. The third-order valence-electron chi connectivity index (χ3n) is 7.99. The topological polar surface area (TPSA) is 55.9 Å². The van der Waals surface area contributed by atoms with Crippen molar-refractivity contribution < 1.29 is 9.59 Å². The number of carbonyl (C=O) groups excluding carboxylic acids is 2. The molecule has 1 aliphatic heterocycles. The van der Waals surface area contributed by atoms with Gasteiger partial charge < -0.3 is 10.2 Å². The summed E-state index contributed by atoms with van der Waals surface area (Å²) in [5.74, 6) is -0.226. The molecule has 0 aromatic heterocycles. The first-order chi connectivity index (χ1) is 20.1. The Balaban J connectivity index is 1.71. The highest BCUT2D eigenvalue weighted by molar-refractivity contribution is 6.30. The van der Waals surface area contributed by atoms with Crippen molar-refractivity contribution in [2.75, 3.05) is 36.4 Å². The number of nitrogens with one attached hydrogen (secondary N) is 1. The monoisotopic (exact) mass is 588 g/mol. The molecular weight excluding hydrogens is 544 g/mol. The van der Waals surface area contributed by atoms with Crippen LogP contribution in [0.1, 0.15) is 82.7 Å². The minimum absolute atomic E-state index is 0.0865. The molecule has 4 rings (SSSR count). The molecule has 1 unspecified atom stereocenters. The summed E-state index contributed by atoms with van der Waals surface area (Å²) in [6, 6.07) is 21.3. The van der Waals surface area contributed by atoms with E-state index in [-0.39, 0.29) is 23.9 Å². The van der Waals surface area contributed by atoms with Crippen LogP contribution in [-0.2, 0) is 16.8 Å². The summed E-state index contributed by atoms with van der Waals surface area (Å²) in [4.78, 5) is 33.9. The number of unbranched alkanes of at least 4 members (excludes halogenated alkanes) is 1. The molecule has 1 heterocycles. The quantitative estimate of drug-likeness (QED) is 0.245. The van der Waals surface area contributed by atoms with E-state index < -0.39 is 6.04 Å². The van der Waals surface area contributed by atoms with E-state index in [1.807, 2.05) is 48.5 Å². The lowest BCUT2D eigenvalue weighted by Crippen LogP contribution is -2.52. The molecule has 0 fully saturated rings. The molecule has 3 aromatic rings. The average molecular weight is 589 g/mol. The van der Waals surface area contributed by atoms with Crippen molar-refractivity contribution in [2.24, 2.45) is 0 Å². The van der Waals surface area contributed by atoms with Gasteiger partial charge in [0.2, 0.25) is 5.91 Å². The first kappa shape index (κ1) is 31.6. The number of carbonyl (C=O) groups is 2. The third-order valence-corrected chi connectivity index (χ3v) is 8.23. The van der Waals surface area contributed by atoms with Gasteiger partial charge >= 0.3 is 6.03 Å². The highest BCUT2D eigenvalue weighted by Crippen LogP contribution is 2.42. The van der Waals surface area contributed by atoms with Gasteiger partial charge in [0.25, 0.3) is 0 Å². The Kier molecular flexibility index (Phi) is 10.3. The van der Waals surface area contributed by atoms with E-state index in [0.29, 0.717) is 11.6 Å². The lowest BCUT2D eigenvalue weighted by Gasteiger charge is -2.43. The average Bonchev–Trinajstić information content (AvgIpc) is 2.96. The van der Waals surface area contributed by atoms with Crippen LogP contribution in [0.15, 0.2) is 66.7 Å². The van der Waals surface area contributed by atoms with Gasteiger partial charge in [-0.05, 0) is 65.9 Å². The van der Waals surface area contributed by atoms with Crippen LogP contribution in [0.3, 0.4) is 0 Å². The Bertz CT molecular complexity index is 1380. The highest BCUT2D eigenvalue weighted by atomic mass is 35.5. The Labute approximate surface area is 256 Å². The highest BCUT2D eigenvalue weighted by Gasteiger charge is 2.39. The Morgan fingerprint density at radius 3 is 2.33 bits per heavy atom. The van der Waals surface area contributed by atoms with Crippen LogP contribution in [0.2, 0.25) is 5.02 Å². The maximum absolute atomic E-state index is 14.2. The van der Waals surface area contributed by atoms with Crippen LogP contribution in [-0.4, -0.2) is 47.9 Å². The summed E-state index contributed by atoms with van der Waals surface area (Å²) >= 11 is 6.51. The molecule has 224 valence electrons. The van der Waals surface area contributed by atoms with Crippen molar-refractivity contribution >= 4 is 34.9 Å². The third kappa shape index (κ3) is 7.16. The van der Waals surface area contributed by atoms with Crippen molar-refractivity contribution in [2.45, 2.75) is 72.4 Å². The zero-order valence-electron chi connectivity index (χ0n) is 25.9. The molecule has 0 bridgehead atoms. The second-order valence-corrected chi connectivity index (χ2v) is 12.5. The maximum atomic E-state index is 14.2. The van der Waals surface area contributed by atoms with E-state index in [9.17, 15) is 9.59 Å². The van der Waals surface area contributed by atoms with Gasteiger partial charge in [0, 0.05) is 29.4 Å². The predicted octanol–water partition coefficient (Wildman–Crippen LogP) is 8.25. The van der Waals surface area contributed by atoms with Gasteiger partial charge in [-0.3, -0.25) is 14.6 Å². The van der Waals surface area contributed by atoms with Crippen molar-refractivity contribution in [1.82, 2.24) is 9.80 Å². The molecule has 1 atom stereocenters. The van der Waals surface area contributed by atoms with Crippen molar-refractivity contribution in [3.8, 4) is 0 Å². The van der Waals surface area contributed by atoms with Gasteiger partial charge in [-0.1, -0.05) is 102 Å². The van der Waals surface area contributed by atoms with Gasteiger partial charge in [-0.2, -0.15) is 0 Å². The van der Waals surface area contributed by atoms with Crippen LogP contribution >= 0.6 is 11.6 Å².